The average Bonchev–Trinajstić information content (AvgIpc) is 2.53. The molecule has 0 saturated heterocycles. The highest BCUT2D eigenvalue weighted by Crippen LogP contribution is 2.39. The third-order valence-electron chi connectivity index (χ3n) is 3.81. The monoisotopic (exact) mass is 330 g/mol. The Morgan fingerprint density at radius 1 is 0.917 bits per heavy atom. The molecule has 7 heteroatoms. The maximum Gasteiger partial charge on any atom is 0.238 e. The van der Waals surface area contributed by atoms with E-state index in [9.17, 15) is 30.3 Å². The lowest BCUT2D eigenvalue weighted by molar-refractivity contribution is 0.403. The van der Waals surface area contributed by atoms with E-state index in [-0.39, 0.29) is 45.8 Å². The lowest BCUT2D eigenvalue weighted by atomic mass is 10.0. The fourth-order valence-corrected chi connectivity index (χ4v) is 2.56. The zero-order chi connectivity index (χ0) is 17.6. The Balaban J connectivity index is 2.38. The zero-order valence-electron chi connectivity index (χ0n) is 12.6. The fraction of sp³-hybridized carbons (Fsp3) is 0.118. The second kappa shape index (κ2) is 5.38. The topological polar surface area (TPSA) is 131 Å². The summed E-state index contributed by atoms with van der Waals surface area (Å²) < 4.78 is 5.45. The SMILES string of the molecule is CCc1c(O)cc2oc(-c3ccc(O)c(O)c3)c(O)c(=O)c2c1O. The summed E-state index contributed by atoms with van der Waals surface area (Å²) >= 11 is 0. The van der Waals surface area contributed by atoms with Gasteiger partial charge in [0.25, 0.3) is 0 Å². The fourth-order valence-electron chi connectivity index (χ4n) is 2.56. The molecular weight excluding hydrogens is 316 g/mol. The maximum atomic E-state index is 12.4. The number of hydrogen-bond acceptors (Lipinski definition) is 7. The predicted octanol–water partition coefficient (Wildman–Crippen LogP) is 2.55. The Hall–Kier alpha value is -3.35. The van der Waals surface area contributed by atoms with Crippen LogP contribution in [-0.4, -0.2) is 25.5 Å². The summed E-state index contributed by atoms with van der Waals surface area (Å²) in [5.74, 6) is -2.53. The molecule has 3 aromatic rings. The first-order valence-corrected chi connectivity index (χ1v) is 7.11. The standard InChI is InChI=1S/C17H14O7/c1-2-8-10(19)6-12-13(14(8)21)15(22)16(23)17(24-12)7-3-4-9(18)11(20)5-7/h3-6,18-21,23H,2H2,1H3. The van der Waals surface area contributed by atoms with Crippen molar-refractivity contribution in [3.63, 3.8) is 0 Å². The van der Waals surface area contributed by atoms with Gasteiger partial charge < -0.3 is 29.9 Å². The van der Waals surface area contributed by atoms with Crippen molar-refractivity contribution in [3.05, 3.63) is 40.1 Å². The molecule has 124 valence electrons. The first-order chi connectivity index (χ1) is 11.3. The van der Waals surface area contributed by atoms with Gasteiger partial charge in [0.1, 0.15) is 22.5 Å². The molecule has 7 nitrogen and oxygen atoms in total. The van der Waals surface area contributed by atoms with Crippen LogP contribution in [0, 0.1) is 0 Å². The minimum absolute atomic E-state index is 0.118. The highest BCUT2D eigenvalue weighted by Gasteiger charge is 2.21. The van der Waals surface area contributed by atoms with Gasteiger partial charge in [-0.3, -0.25) is 4.79 Å². The third kappa shape index (κ3) is 2.18. The lowest BCUT2D eigenvalue weighted by Crippen LogP contribution is -2.04. The van der Waals surface area contributed by atoms with Crippen LogP contribution < -0.4 is 5.43 Å². The van der Waals surface area contributed by atoms with Gasteiger partial charge in [-0.05, 0) is 24.6 Å². The number of hydrogen-bond donors (Lipinski definition) is 5. The summed E-state index contributed by atoms with van der Waals surface area (Å²) in [5.41, 5.74) is -0.678. The van der Waals surface area contributed by atoms with Gasteiger partial charge in [-0.2, -0.15) is 0 Å². The molecular formula is C17H14O7. The van der Waals surface area contributed by atoms with E-state index in [2.05, 4.69) is 0 Å². The van der Waals surface area contributed by atoms with Crippen molar-refractivity contribution in [3.8, 4) is 40.1 Å². The third-order valence-corrected chi connectivity index (χ3v) is 3.81. The molecule has 0 bridgehead atoms. The number of phenols is 4. The molecule has 24 heavy (non-hydrogen) atoms. The second-order valence-electron chi connectivity index (χ2n) is 5.26. The van der Waals surface area contributed by atoms with E-state index in [1.165, 1.54) is 18.2 Å². The van der Waals surface area contributed by atoms with Crippen molar-refractivity contribution in [1.82, 2.24) is 0 Å². The molecule has 0 atom stereocenters. The summed E-state index contributed by atoms with van der Waals surface area (Å²) in [6, 6.07) is 4.79. The molecule has 0 aliphatic heterocycles. The molecule has 0 saturated carbocycles. The highest BCUT2D eigenvalue weighted by molar-refractivity contribution is 5.89. The molecule has 1 aromatic heterocycles. The Labute approximate surface area is 135 Å². The van der Waals surface area contributed by atoms with Gasteiger partial charge in [0.2, 0.25) is 11.2 Å². The molecule has 3 rings (SSSR count). The van der Waals surface area contributed by atoms with E-state index in [4.69, 9.17) is 4.42 Å². The van der Waals surface area contributed by atoms with Gasteiger partial charge in [-0.25, -0.2) is 0 Å². The lowest BCUT2D eigenvalue weighted by Gasteiger charge is -2.11. The molecule has 5 N–H and O–H groups in total. The second-order valence-corrected chi connectivity index (χ2v) is 5.26. The van der Waals surface area contributed by atoms with E-state index in [1.54, 1.807) is 6.92 Å². The van der Waals surface area contributed by atoms with E-state index in [1.807, 2.05) is 0 Å². The van der Waals surface area contributed by atoms with Crippen molar-refractivity contribution in [2.75, 3.05) is 0 Å². The average molecular weight is 330 g/mol. The van der Waals surface area contributed by atoms with Crippen molar-refractivity contribution < 1.29 is 29.9 Å². The molecule has 0 radical (unpaired) electrons. The predicted molar refractivity (Wildman–Crippen MR) is 85.6 cm³/mol. The Kier molecular flexibility index (Phi) is 3.48. The quantitative estimate of drug-likeness (QED) is 0.456. The van der Waals surface area contributed by atoms with Crippen molar-refractivity contribution in [2.45, 2.75) is 13.3 Å². The van der Waals surface area contributed by atoms with Crippen LogP contribution in [0.25, 0.3) is 22.3 Å². The van der Waals surface area contributed by atoms with Crippen molar-refractivity contribution in [2.24, 2.45) is 0 Å². The minimum Gasteiger partial charge on any atom is -0.507 e. The minimum atomic E-state index is -0.869. The molecule has 0 unspecified atom stereocenters. The van der Waals surface area contributed by atoms with Crippen LogP contribution in [0.2, 0.25) is 0 Å². The summed E-state index contributed by atoms with van der Waals surface area (Å²) in [4.78, 5) is 12.4. The molecule has 0 spiro atoms. The van der Waals surface area contributed by atoms with Crippen LogP contribution in [0.3, 0.4) is 0 Å². The van der Waals surface area contributed by atoms with Crippen LogP contribution in [0.5, 0.6) is 28.7 Å². The number of phenolic OH excluding ortho intramolecular Hbond substituents is 4. The van der Waals surface area contributed by atoms with E-state index >= 15 is 0 Å². The molecule has 0 fully saturated rings. The molecule has 0 aliphatic carbocycles. The highest BCUT2D eigenvalue weighted by atomic mass is 16.4. The van der Waals surface area contributed by atoms with Crippen molar-refractivity contribution in [1.29, 1.82) is 0 Å². The van der Waals surface area contributed by atoms with Crippen LogP contribution >= 0.6 is 0 Å². The number of rotatable bonds is 2. The number of benzene rings is 2. The number of fused-ring (bicyclic) bond motifs is 1. The van der Waals surface area contributed by atoms with Crippen molar-refractivity contribution >= 4 is 11.0 Å². The first kappa shape index (κ1) is 15.5. The summed E-state index contributed by atoms with van der Waals surface area (Å²) in [6.45, 7) is 1.69. The summed E-state index contributed by atoms with van der Waals surface area (Å²) in [5, 5.41) is 48.9. The molecule has 2 aromatic carbocycles. The van der Waals surface area contributed by atoms with Gasteiger partial charge in [0.15, 0.2) is 17.3 Å². The normalized spacial score (nSPS) is 11.0. The van der Waals surface area contributed by atoms with Crippen LogP contribution in [0.15, 0.2) is 33.5 Å². The Morgan fingerprint density at radius 2 is 1.62 bits per heavy atom. The van der Waals surface area contributed by atoms with Gasteiger partial charge in [0.05, 0.1) is 0 Å². The molecule has 1 heterocycles. The van der Waals surface area contributed by atoms with Crippen LogP contribution in [-0.2, 0) is 6.42 Å². The Morgan fingerprint density at radius 3 is 2.25 bits per heavy atom. The maximum absolute atomic E-state index is 12.4. The largest absolute Gasteiger partial charge is 0.507 e. The van der Waals surface area contributed by atoms with Gasteiger partial charge in [-0.15, -0.1) is 0 Å². The smallest absolute Gasteiger partial charge is 0.238 e. The zero-order valence-corrected chi connectivity index (χ0v) is 12.6. The molecule has 0 amide bonds. The van der Waals surface area contributed by atoms with Crippen LogP contribution in [0.4, 0.5) is 0 Å². The number of aromatic hydroxyl groups is 5. The van der Waals surface area contributed by atoms with Gasteiger partial charge in [0, 0.05) is 17.2 Å². The van der Waals surface area contributed by atoms with E-state index in [0.717, 1.165) is 6.07 Å². The van der Waals surface area contributed by atoms with Gasteiger partial charge in [-0.1, -0.05) is 6.92 Å². The first-order valence-electron chi connectivity index (χ1n) is 7.11. The summed E-state index contributed by atoms with van der Waals surface area (Å²) in [6.07, 6.45) is 0.279. The van der Waals surface area contributed by atoms with Gasteiger partial charge >= 0.3 is 0 Å². The Bertz CT molecular complexity index is 1020. The van der Waals surface area contributed by atoms with E-state index in [0.29, 0.717) is 0 Å². The van der Waals surface area contributed by atoms with Crippen LogP contribution in [0.1, 0.15) is 12.5 Å². The van der Waals surface area contributed by atoms with E-state index < -0.39 is 22.7 Å². The molecule has 0 aliphatic rings. The summed E-state index contributed by atoms with van der Waals surface area (Å²) in [7, 11) is 0.